The number of nitrogens with one attached hydrogen (secondary N) is 1. The number of nitrogens with two attached hydrogens (primary N) is 1. The molecule has 4 rings (SSSR count). The number of anilines is 1. The summed E-state index contributed by atoms with van der Waals surface area (Å²) in [4.78, 5) is 13.2. The van der Waals surface area contributed by atoms with Gasteiger partial charge in [0.2, 0.25) is 10.0 Å². The van der Waals surface area contributed by atoms with Crippen LogP contribution in [0.2, 0.25) is 0 Å². The summed E-state index contributed by atoms with van der Waals surface area (Å²) in [5.41, 5.74) is 6.86. The molecule has 1 fully saturated rings. The average molecular weight is 445 g/mol. The third kappa shape index (κ3) is 4.73. The van der Waals surface area contributed by atoms with E-state index in [9.17, 15) is 13.5 Å². The van der Waals surface area contributed by atoms with Crippen molar-refractivity contribution >= 4 is 15.8 Å². The van der Waals surface area contributed by atoms with Gasteiger partial charge in [0, 0.05) is 18.0 Å². The summed E-state index contributed by atoms with van der Waals surface area (Å²) in [6.07, 6.45) is 3.53. The Kier molecular flexibility index (Phi) is 5.28. The number of benzene rings is 1. The third-order valence-corrected chi connectivity index (χ3v) is 6.28. The van der Waals surface area contributed by atoms with Crippen molar-refractivity contribution in [2.45, 2.75) is 50.0 Å². The molecule has 0 bridgehead atoms. The molecule has 3 aromatic rings. The summed E-state index contributed by atoms with van der Waals surface area (Å²) in [5.74, 6) is 1.27. The lowest BCUT2D eigenvalue weighted by Crippen LogP contribution is -2.38. The highest BCUT2D eigenvalue weighted by Gasteiger charge is 2.30. The number of hydrogen-bond acceptors (Lipinski definition) is 9. The zero-order chi connectivity index (χ0) is 22.4. The summed E-state index contributed by atoms with van der Waals surface area (Å²) in [6, 6.07) is 4.69. The lowest BCUT2D eigenvalue weighted by Gasteiger charge is -2.18. The molecule has 4 N–H and O–H groups in total. The number of nitrogens with zero attached hydrogens (tertiary/aromatic N) is 4. The first-order chi connectivity index (χ1) is 14.5. The molecule has 2 heterocycles. The highest BCUT2D eigenvalue weighted by atomic mass is 32.2. The number of hydrogen-bond donors (Lipinski definition) is 3. The fourth-order valence-corrected chi connectivity index (χ4v) is 4.15. The molecule has 11 heteroatoms. The lowest BCUT2D eigenvalue weighted by atomic mass is 10.1. The molecule has 1 aromatic carbocycles. The van der Waals surface area contributed by atoms with Crippen LogP contribution in [0.1, 0.15) is 44.0 Å². The largest absolute Gasteiger partial charge is 0.389 e. The van der Waals surface area contributed by atoms with Gasteiger partial charge in [-0.05, 0) is 51.3 Å². The maximum Gasteiger partial charge on any atom is 0.280 e. The molecule has 2 aromatic heterocycles. The van der Waals surface area contributed by atoms with Crippen LogP contribution in [0, 0.1) is 6.92 Å². The van der Waals surface area contributed by atoms with Gasteiger partial charge < -0.3 is 15.4 Å². The molecule has 0 saturated heterocycles. The second-order valence-corrected chi connectivity index (χ2v) is 10.1. The second-order valence-electron chi connectivity index (χ2n) is 8.33. The monoisotopic (exact) mass is 444 g/mol. The van der Waals surface area contributed by atoms with Crippen LogP contribution in [0.15, 0.2) is 33.8 Å². The van der Waals surface area contributed by atoms with Crippen LogP contribution in [-0.2, 0) is 10.0 Å². The molecule has 1 saturated carbocycles. The smallest absolute Gasteiger partial charge is 0.280 e. The predicted molar refractivity (Wildman–Crippen MR) is 113 cm³/mol. The molecule has 0 radical (unpaired) electrons. The quantitative estimate of drug-likeness (QED) is 0.496. The molecule has 0 atom stereocenters. The molecule has 1 aliphatic carbocycles. The van der Waals surface area contributed by atoms with E-state index in [-0.39, 0.29) is 28.8 Å². The molecule has 31 heavy (non-hydrogen) atoms. The van der Waals surface area contributed by atoms with Gasteiger partial charge >= 0.3 is 0 Å². The molecule has 0 spiro atoms. The first kappa shape index (κ1) is 21.3. The zero-order valence-corrected chi connectivity index (χ0v) is 18.3. The number of rotatable bonds is 7. The zero-order valence-electron chi connectivity index (χ0n) is 17.5. The van der Waals surface area contributed by atoms with E-state index in [1.165, 1.54) is 32.2 Å². The first-order valence-corrected chi connectivity index (χ1v) is 11.3. The molecule has 10 nitrogen and oxygen atoms in total. The number of sulfonamides is 1. The van der Waals surface area contributed by atoms with Gasteiger partial charge in [-0.25, -0.2) is 23.1 Å². The normalized spacial score (nSPS) is 14.7. The highest BCUT2D eigenvalue weighted by molar-refractivity contribution is 7.89. The van der Waals surface area contributed by atoms with Crippen LogP contribution in [0.5, 0.6) is 0 Å². The Balaban J connectivity index is 1.70. The standard InChI is InChI=1S/C20H24N6O4S/c1-11-4-7-13(31(28,29)23-10-20(2,3)27)8-14(11)15-9-22-17(21)16(24-15)19-25-18(26-30-19)12-5-6-12/h4,7-9,12,23,27H,5-6,10H2,1-3H3,(H2,21,22). The van der Waals surface area contributed by atoms with E-state index in [4.69, 9.17) is 10.3 Å². The van der Waals surface area contributed by atoms with Crippen molar-refractivity contribution in [3.8, 4) is 22.8 Å². The minimum Gasteiger partial charge on any atom is -0.389 e. The number of aromatic nitrogens is 4. The maximum absolute atomic E-state index is 12.7. The minimum atomic E-state index is -3.83. The van der Waals surface area contributed by atoms with Crippen LogP contribution < -0.4 is 10.5 Å². The molecular formula is C20H24N6O4S. The van der Waals surface area contributed by atoms with E-state index < -0.39 is 15.6 Å². The fraction of sp³-hybridized carbons (Fsp3) is 0.400. The van der Waals surface area contributed by atoms with Gasteiger partial charge in [0.1, 0.15) is 0 Å². The van der Waals surface area contributed by atoms with E-state index in [0.717, 1.165) is 18.4 Å². The minimum absolute atomic E-state index is 0.0475. The van der Waals surface area contributed by atoms with Gasteiger partial charge in [0.05, 0.1) is 22.4 Å². The predicted octanol–water partition coefficient (Wildman–Crippen LogP) is 2.01. The summed E-state index contributed by atoms with van der Waals surface area (Å²) >= 11 is 0. The van der Waals surface area contributed by atoms with E-state index in [1.807, 2.05) is 6.92 Å². The molecule has 0 amide bonds. The number of nitrogen functional groups attached to an aromatic ring is 1. The van der Waals surface area contributed by atoms with E-state index in [1.54, 1.807) is 6.07 Å². The lowest BCUT2D eigenvalue weighted by molar-refractivity contribution is 0.0857. The molecule has 0 unspecified atom stereocenters. The van der Waals surface area contributed by atoms with Crippen molar-refractivity contribution in [1.82, 2.24) is 24.8 Å². The number of aliphatic hydroxyl groups is 1. The fourth-order valence-electron chi connectivity index (χ4n) is 2.92. The van der Waals surface area contributed by atoms with Gasteiger partial charge in [-0.3, -0.25) is 0 Å². The van der Waals surface area contributed by atoms with Crippen LogP contribution >= 0.6 is 0 Å². The summed E-state index contributed by atoms with van der Waals surface area (Å²) in [6.45, 7) is 4.76. The SMILES string of the molecule is Cc1ccc(S(=O)(=O)NCC(C)(C)O)cc1-c1cnc(N)c(-c2nc(C3CC3)no2)n1. The van der Waals surface area contributed by atoms with Crippen LogP contribution in [-0.4, -0.2) is 45.8 Å². The van der Waals surface area contributed by atoms with Gasteiger partial charge in [0.15, 0.2) is 17.3 Å². The Hall–Kier alpha value is -2.89. The second kappa shape index (κ2) is 7.66. The summed E-state index contributed by atoms with van der Waals surface area (Å²) < 4.78 is 33.1. The maximum atomic E-state index is 12.7. The first-order valence-electron chi connectivity index (χ1n) is 9.83. The van der Waals surface area contributed by atoms with Crippen LogP contribution in [0.25, 0.3) is 22.8 Å². The Morgan fingerprint density at radius 1 is 1.29 bits per heavy atom. The summed E-state index contributed by atoms with van der Waals surface area (Å²) in [5, 5.41) is 13.8. The summed E-state index contributed by atoms with van der Waals surface area (Å²) in [7, 11) is -3.83. The Morgan fingerprint density at radius 3 is 2.71 bits per heavy atom. The average Bonchev–Trinajstić information content (AvgIpc) is 3.44. The molecule has 164 valence electrons. The Morgan fingerprint density at radius 2 is 2.03 bits per heavy atom. The van der Waals surface area contributed by atoms with Crippen LogP contribution in [0.4, 0.5) is 5.82 Å². The van der Waals surface area contributed by atoms with Gasteiger partial charge in [0.25, 0.3) is 5.89 Å². The van der Waals surface area contributed by atoms with Gasteiger partial charge in [-0.1, -0.05) is 11.2 Å². The van der Waals surface area contributed by atoms with Crippen molar-refractivity contribution in [3.05, 3.63) is 35.8 Å². The highest BCUT2D eigenvalue weighted by Crippen LogP contribution is 2.39. The molecule has 1 aliphatic rings. The van der Waals surface area contributed by atoms with Crippen molar-refractivity contribution in [2.75, 3.05) is 12.3 Å². The number of aryl methyl sites for hydroxylation is 1. The topological polar surface area (TPSA) is 157 Å². The molecule has 0 aliphatic heterocycles. The van der Waals surface area contributed by atoms with Crippen molar-refractivity contribution in [2.24, 2.45) is 0 Å². The Bertz CT molecular complexity index is 1230. The molecular weight excluding hydrogens is 420 g/mol. The van der Waals surface area contributed by atoms with Crippen LogP contribution in [0.3, 0.4) is 0 Å². The van der Waals surface area contributed by atoms with E-state index in [0.29, 0.717) is 23.0 Å². The van der Waals surface area contributed by atoms with Gasteiger partial charge in [-0.2, -0.15) is 4.98 Å². The van der Waals surface area contributed by atoms with Gasteiger partial charge in [-0.15, -0.1) is 0 Å². The van der Waals surface area contributed by atoms with E-state index in [2.05, 4.69) is 24.8 Å². The van der Waals surface area contributed by atoms with Crippen molar-refractivity contribution < 1.29 is 18.0 Å². The van der Waals surface area contributed by atoms with E-state index >= 15 is 0 Å². The van der Waals surface area contributed by atoms with Crippen molar-refractivity contribution in [3.63, 3.8) is 0 Å². The Labute approximate surface area is 180 Å². The van der Waals surface area contributed by atoms with Crippen molar-refractivity contribution in [1.29, 1.82) is 0 Å². The third-order valence-electron chi connectivity index (χ3n) is 4.88.